The Hall–Kier alpha value is -1.60. The molecule has 0 spiro atoms. The van der Waals surface area contributed by atoms with Crippen LogP contribution in [0.3, 0.4) is 0 Å². The second-order valence-corrected chi connectivity index (χ2v) is 7.61. The van der Waals surface area contributed by atoms with Gasteiger partial charge in [-0.05, 0) is 32.0 Å². The monoisotopic (exact) mass is 312 g/mol. The molecule has 2 rings (SSSR count). The third-order valence-electron chi connectivity index (χ3n) is 3.48. The highest BCUT2D eigenvalue weighted by atomic mass is 32.2. The van der Waals surface area contributed by atoms with E-state index in [0.717, 1.165) is 18.8 Å². The van der Waals surface area contributed by atoms with E-state index >= 15 is 0 Å². The van der Waals surface area contributed by atoms with Crippen LogP contribution in [-0.4, -0.2) is 46.4 Å². The van der Waals surface area contributed by atoms with Crippen LogP contribution < -0.4 is 10.2 Å². The summed E-state index contributed by atoms with van der Waals surface area (Å²) in [5.74, 6) is 0. The summed E-state index contributed by atoms with van der Waals surface area (Å²) in [6.07, 6.45) is 0.498. The largest absolute Gasteiger partial charge is 0.378 e. The van der Waals surface area contributed by atoms with Crippen molar-refractivity contribution in [2.24, 2.45) is 0 Å². The zero-order valence-corrected chi connectivity index (χ0v) is 13.0. The second kappa shape index (κ2) is 6.44. The zero-order valence-electron chi connectivity index (χ0n) is 12.2. The highest BCUT2D eigenvalue weighted by molar-refractivity contribution is 7.92. The Labute approximate surface area is 125 Å². The molecule has 0 bridgehead atoms. The number of hydrogen-bond acceptors (Lipinski definition) is 5. The van der Waals surface area contributed by atoms with Gasteiger partial charge >= 0.3 is 0 Å². The minimum Gasteiger partial charge on any atom is -0.378 e. The van der Waals surface area contributed by atoms with Gasteiger partial charge in [0.2, 0.25) is 6.41 Å². The van der Waals surface area contributed by atoms with Crippen LogP contribution in [-0.2, 0) is 19.4 Å². The minimum atomic E-state index is -3.44. The molecule has 1 aromatic carbocycles. The van der Waals surface area contributed by atoms with Crippen molar-refractivity contribution in [1.82, 2.24) is 0 Å². The van der Waals surface area contributed by atoms with Gasteiger partial charge < -0.3 is 15.0 Å². The molecule has 0 radical (unpaired) electrons. The van der Waals surface area contributed by atoms with Crippen molar-refractivity contribution in [3.63, 3.8) is 0 Å². The van der Waals surface area contributed by atoms with Crippen molar-refractivity contribution in [3.05, 3.63) is 18.2 Å². The summed E-state index contributed by atoms with van der Waals surface area (Å²) >= 11 is 0. The number of ether oxygens (including phenoxy) is 1. The van der Waals surface area contributed by atoms with Gasteiger partial charge in [-0.1, -0.05) is 0 Å². The number of nitrogens with zero attached hydrogens (tertiary/aromatic N) is 1. The lowest BCUT2D eigenvalue weighted by atomic mass is 10.2. The molecule has 1 amide bonds. The Balaban J connectivity index is 2.41. The molecule has 0 aromatic heterocycles. The summed E-state index contributed by atoms with van der Waals surface area (Å²) in [7, 11) is -3.44. The van der Waals surface area contributed by atoms with Gasteiger partial charge in [0.1, 0.15) is 0 Å². The molecular formula is C14H20N2O4S. The molecule has 1 saturated heterocycles. The van der Waals surface area contributed by atoms with E-state index in [9.17, 15) is 13.2 Å². The third-order valence-corrected chi connectivity index (χ3v) is 5.69. The van der Waals surface area contributed by atoms with Crippen molar-refractivity contribution < 1.29 is 17.9 Å². The van der Waals surface area contributed by atoms with E-state index in [-0.39, 0.29) is 4.90 Å². The molecule has 1 aliphatic heterocycles. The highest BCUT2D eigenvalue weighted by Gasteiger charge is 2.24. The van der Waals surface area contributed by atoms with Crippen molar-refractivity contribution >= 4 is 27.6 Å². The topological polar surface area (TPSA) is 75.7 Å². The van der Waals surface area contributed by atoms with E-state index in [4.69, 9.17) is 4.74 Å². The Morgan fingerprint density at radius 3 is 2.52 bits per heavy atom. The number of anilines is 2. The van der Waals surface area contributed by atoms with E-state index < -0.39 is 15.1 Å². The lowest BCUT2D eigenvalue weighted by Gasteiger charge is -2.29. The molecule has 0 saturated carbocycles. The molecule has 1 aliphatic rings. The van der Waals surface area contributed by atoms with E-state index in [0.29, 0.717) is 25.3 Å². The lowest BCUT2D eigenvalue weighted by molar-refractivity contribution is -0.105. The fourth-order valence-corrected chi connectivity index (χ4v) is 3.40. The number of hydrogen-bond donors (Lipinski definition) is 1. The molecule has 1 heterocycles. The molecule has 116 valence electrons. The maximum atomic E-state index is 12.3. The minimum absolute atomic E-state index is 0.154. The molecule has 0 atom stereocenters. The predicted molar refractivity (Wildman–Crippen MR) is 81.5 cm³/mol. The van der Waals surface area contributed by atoms with Crippen LogP contribution in [0.1, 0.15) is 13.8 Å². The third kappa shape index (κ3) is 3.36. The predicted octanol–water partition coefficient (Wildman–Crippen LogP) is 1.27. The Morgan fingerprint density at radius 1 is 1.29 bits per heavy atom. The van der Waals surface area contributed by atoms with Crippen molar-refractivity contribution in [2.75, 3.05) is 36.5 Å². The molecule has 7 heteroatoms. The maximum absolute atomic E-state index is 12.3. The van der Waals surface area contributed by atoms with Gasteiger partial charge in [-0.25, -0.2) is 8.42 Å². The first-order valence-corrected chi connectivity index (χ1v) is 8.42. The summed E-state index contributed by atoms with van der Waals surface area (Å²) in [4.78, 5) is 13.0. The molecule has 0 aliphatic carbocycles. The Kier molecular flexibility index (Phi) is 4.84. The first kappa shape index (κ1) is 15.8. The molecule has 1 N–H and O–H groups in total. The zero-order chi connectivity index (χ0) is 15.5. The van der Waals surface area contributed by atoms with Crippen molar-refractivity contribution in [1.29, 1.82) is 0 Å². The molecule has 0 unspecified atom stereocenters. The number of carbonyl (C=O) groups is 1. The van der Waals surface area contributed by atoms with Crippen LogP contribution in [0, 0.1) is 0 Å². The van der Waals surface area contributed by atoms with Crippen LogP contribution >= 0.6 is 0 Å². The van der Waals surface area contributed by atoms with E-state index in [1.807, 2.05) is 0 Å². The van der Waals surface area contributed by atoms with Crippen LogP contribution in [0.2, 0.25) is 0 Å². The Bertz CT molecular complexity index is 607. The summed E-state index contributed by atoms with van der Waals surface area (Å²) in [5, 5.41) is 1.96. The molecule has 6 nitrogen and oxygen atoms in total. The van der Waals surface area contributed by atoms with Crippen LogP contribution in [0.25, 0.3) is 0 Å². The molecule has 21 heavy (non-hydrogen) atoms. The summed E-state index contributed by atoms with van der Waals surface area (Å²) in [6.45, 7) is 6.02. The van der Waals surface area contributed by atoms with Crippen LogP contribution in [0.15, 0.2) is 23.1 Å². The number of amides is 1. The van der Waals surface area contributed by atoms with E-state index in [1.54, 1.807) is 32.0 Å². The fourth-order valence-electron chi connectivity index (χ4n) is 2.21. The van der Waals surface area contributed by atoms with Gasteiger partial charge in [0.05, 0.1) is 29.0 Å². The van der Waals surface area contributed by atoms with Crippen molar-refractivity contribution in [2.45, 2.75) is 24.0 Å². The average Bonchev–Trinajstić information content (AvgIpc) is 2.48. The van der Waals surface area contributed by atoms with Gasteiger partial charge in [-0.3, -0.25) is 4.79 Å². The van der Waals surface area contributed by atoms with Gasteiger partial charge in [0.25, 0.3) is 0 Å². The molecular weight excluding hydrogens is 292 g/mol. The van der Waals surface area contributed by atoms with Gasteiger partial charge in [0.15, 0.2) is 9.84 Å². The van der Waals surface area contributed by atoms with Gasteiger partial charge in [-0.2, -0.15) is 0 Å². The lowest BCUT2D eigenvalue weighted by Crippen LogP contribution is -2.36. The molecule has 1 aromatic rings. The summed E-state index contributed by atoms with van der Waals surface area (Å²) < 4.78 is 30.0. The second-order valence-electron chi connectivity index (χ2n) is 5.14. The first-order chi connectivity index (χ1) is 9.96. The number of benzene rings is 1. The van der Waals surface area contributed by atoms with Crippen molar-refractivity contribution in [3.8, 4) is 0 Å². The highest BCUT2D eigenvalue weighted by Crippen LogP contribution is 2.29. The standard InChI is InChI=1S/C14H20N2O4S/c1-11(2)21(18,19)14-4-3-12(9-13(14)15-10-17)16-5-7-20-8-6-16/h3-4,9-11H,5-8H2,1-2H3,(H,15,17). The number of carbonyl (C=O) groups excluding carboxylic acids is 1. The number of nitrogens with one attached hydrogen (secondary N) is 1. The number of sulfone groups is 1. The van der Waals surface area contributed by atoms with Gasteiger partial charge in [-0.15, -0.1) is 0 Å². The maximum Gasteiger partial charge on any atom is 0.211 e. The molecule has 1 fully saturated rings. The quantitative estimate of drug-likeness (QED) is 0.829. The summed E-state index contributed by atoms with van der Waals surface area (Å²) in [6, 6.07) is 5.04. The van der Waals surface area contributed by atoms with Crippen LogP contribution in [0.4, 0.5) is 11.4 Å². The number of morpholine rings is 1. The SMILES string of the molecule is CC(C)S(=O)(=O)c1ccc(N2CCOCC2)cc1NC=O. The van der Waals surface area contributed by atoms with Crippen LogP contribution in [0.5, 0.6) is 0 Å². The fraction of sp³-hybridized carbons (Fsp3) is 0.500. The van der Waals surface area contributed by atoms with E-state index in [1.165, 1.54) is 0 Å². The summed E-state index contributed by atoms with van der Waals surface area (Å²) in [5.41, 5.74) is 1.20. The first-order valence-electron chi connectivity index (χ1n) is 6.87. The average molecular weight is 312 g/mol. The Morgan fingerprint density at radius 2 is 1.95 bits per heavy atom. The smallest absolute Gasteiger partial charge is 0.211 e. The normalized spacial score (nSPS) is 16.0. The number of rotatable bonds is 5. The van der Waals surface area contributed by atoms with E-state index in [2.05, 4.69) is 10.2 Å². The van der Waals surface area contributed by atoms with Gasteiger partial charge in [0, 0.05) is 18.8 Å².